The molecule has 100 valence electrons. The van der Waals surface area contributed by atoms with Crippen LogP contribution >= 0.6 is 23.2 Å². The lowest BCUT2D eigenvalue weighted by molar-refractivity contribution is 0.191. The van der Waals surface area contributed by atoms with E-state index in [1.54, 1.807) is 0 Å². The zero-order chi connectivity index (χ0) is 13.2. The van der Waals surface area contributed by atoms with Crippen LogP contribution in [-0.4, -0.2) is 6.54 Å². The fourth-order valence-corrected chi connectivity index (χ4v) is 3.77. The van der Waals surface area contributed by atoms with Crippen LogP contribution < -0.4 is 5.73 Å². The SMILES string of the molecule is CC(CCN)CC1(c2ccc(Cl)cc2Cl)CCC1. The highest BCUT2D eigenvalue weighted by molar-refractivity contribution is 6.35. The van der Waals surface area contributed by atoms with Gasteiger partial charge < -0.3 is 5.73 Å². The second-order valence-electron chi connectivity index (χ2n) is 5.64. The molecule has 0 amide bonds. The summed E-state index contributed by atoms with van der Waals surface area (Å²) in [6.07, 6.45) is 6.05. The van der Waals surface area contributed by atoms with Crippen LogP contribution in [0, 0.1) is 5.92 Å². The molecule has 0 aliphatic heterocycles. The van der Waals surface area contributed by atoms with Gasteiger partial charge in [0.2, 0.25) is 0 Å². The lowest BCUT2D eigenvalue weighted by Crippen LogP contribution is -2.36. The summed E-state index contributed by atoms with van der Waals surface area (Å²) >= 11 is 12.4. The Labute approximate surface area is 120 Å². The van der Waals surface area contributed by atoms with Gasteiger partial charge in [-0.05, 0) is 61.3 Å². The highest BCUT2D eigenvalue weighted by Crippen LogP contribution is 2.50. The second kappa shape index (κ2) is 5.81. The van der Waals surface area contributed by atoms with E-state index in [9.17, 15) is 0 Å². The Balaban J connectivity index is 2.21. The molecule has 2 N–H and O–H groups in total. The van der Waals surface area contributed by atoms with Crippen molar-refractivity contribution in [3.63, 3.8) is 0 Å². The Morgan fingerprint density at radius 1 is 1.33 bits per heavy atom. The smallest absolute Gasteiger partial charge is 0.0458 e. The molecule has 1 saturated carbocycles. The predicted molar refractivity (Wildman–Crippen MR) is 79.4 cm³/mol. The van der Waals surface area contributed by atoms with Gasteiger partial charge in [0, 0.05) is 10.0 Å². The van der Waals surface area contributed by atoms with E-state index in [1.165, 1.54) is 31.2 Å². The number of halogens is 2. The third-order valence-corrected chi connectivity index (χ3v) is 4.76. The molecular formula is C15H21Cl2N. The van der Waals surface area contributed by atoms with Crippen LogP contribution in [0.1, 0.15) is 44.6 Å². The Kier molecular flexibility index (Phi) is 4.58. The highest BCUT2D eigenvalue weighted by atomic mass is 35.5. The lowest BCUT2D eigenvalue weighted by Gasteiger charge is -2.45. The standard InChI is InChI=1S/C15H21Cl2N/c1-11(5-8-18)10-15(6-2-7-15)13-4-3-12(16)9-14(13)17/h3-4,9,11H,2,5-8,10,18H2,1H3. The number of benzene rings is 1. The molecule has 0 heterocycles. The molecule has 0 saturated heterocycles. The van der Waals surface area contributed by atoms with Gasteiger partial charge in [0.05, 0.1) is 0 Å². The Morgan fingerprint density at radius 3 is 2.56 bits per heavy atom. The monoisotopic (exact) mass is 285 g/mol. The highest BCUT2D eigenvalue weighted by Gasteiger charge is 2.40. The number of hydrogen-bond donors (Lipinski definition) is 1. The number of rotatable bonds is 5. The van der Waals surface area contributed by atoms with Gasteiger partial charge in [0.1, 0.15) is 0 Å². The molecule has 1 fully saturated rings. The van der Waals surface area contributed by atoms with Gasteiger partial charge in [-0.2, -0.15) is 0 Å². The predicted octanol–water partition coefficient (Wildman–Crippen LogP) is 4.79. The molecule has 1 atom stereocenters. The molecule has 1 aromatic carbocycles. The van der Waals surface area contributed by atoms with Gasteiger partial charge in [0.15, 0.2) is 0 Å². The van der Waals surface area contributed by atoms with Crippen molar-refractivity contribution >= 4 is 23.2 Å². The molecule has 1 nitrogen and oxygen atoms in total. The van der Waals surface area contributed by atoms with Crippen molar-refractivity contribution in [3.05, 3.63) is 33.8 Å². The average molecular weight is 286 g/mol. The van der Waals surface area contributed by atoms with Crippen LogP contribution in [0.25, 0.3) is 0 Å². The first kappa shape index (κ1) is 14.2. The van der Waals surface area contributed by atoms with Crippen molar-refractivity contribution < 1.29 is 0 Å². The summed E-state index contributed by atoms with van der Waals surface area (Å²) in [6.45, 7) is 3.06. The molecule has 0 radical (unpaired) electrons. The third kappa shape index (κ3) is 2.84. The largest absolute Gasteiger partial charge is 0.330 e. The first-order valence-electron chi connectivity index (χ1n) is 6.73. The zero-order valence-corrected chi connectivity index (χ0v) is 12.4. The minimum Gasteiger partial charge on any atom is -0.330 e. The third-order valence-electron chi connectivity index (χ3n) is 4.21. The van der Waals surface area contributed by atoms with E-state index in [-0.39, 0.29) is 5.41 Å². The van der Waals surface area contributed by atoms with Crippen LogP contribution in [0.3, 0.4) is 0 Å². The lowest BCUT2D eigenvalue weighted by atomic mass is 9.60. The van der Waals surface area contributed by atoms with E-state index >= 15 is 0 Å². The second-order valence-corrected chi connectivity index (χ2v) is 6.49. The van der Waals surface area contributed by atoms with Crippen molar-refractivity contribution in [1.82, 2.24) is 0 Å². The van der Waals surface area contributed by atoms with Crippen LogP contribution in [0.4, 0.5) is 0 Å². The summed E-state index contributed by atoms with van der Waals surface area (Å²) in [5.74, 6) is 0.655. The van der Waals surface area contributed by atoms with Crippen LogP contribution in [0.5, 0.6) is 0 Å². The molecular weight excluding hydrogens is 265 g/mol. The van der Waals surface area contributed by atoms with E-state index in [1.807, 2.05) is 12.1 Å². The molecule has 0 aromatic heterocycles. The minimum atomic E-state index is 0.274. The quantitative estimate of drug-likeness (QED) is 0.827. The van der Waals surface area contributed by atoms with E-state index in [2.05, 4.69) is 13.0 Å². The van der Waals surface area contributed by atoms with Crippen LogP contribution in [0.15, 0.2) is 18.2 Å². The molecule has 18 heavy (non-hydrogen) atoms. The zero-order valence-electron chi connectivity index (χ0n) is 10.9. The molecule has 1 aliphatic rings. The molecule has 1 unspecified atom stereocenters. The van der Waals surface area contributed by atoms with E-state index < -0.39 is 0 Å². The summed E-state index contributed by atoms with van der Waals surface area (Å²) in [5.41, 5.74) is 7.21. The normalized spacial score (nSPS) is 19.3. The maximum absolute atomic E-state index is 6.38. The summed E-state index contributed by atoms with van der Waals surface area (Å²) in [6, 6.07) is 5.93. The number of hydrogen-bond acceptors (Lipinski definition) is 1. The van der Waals surface area contributed by atoms with Gasteiger partial charge in [-0.25, -0.2) is 0 Å². The summed E-state index contributed by atoms with van der Waals surface area (Å²) < 4.78 is 0. The molecule has 3 heteroatoms. The number of nitrogens with two attached hydrogens (primary N) is 1. The maximum atomic E-state index is 6.38. The average Bonchev–Trinajstić information content (AvgIpc) is 2.24. The van der Waals surface area contributed by atoms with Gasteiger partial charge in [0.25, 0.3) is 0 Å². The topological polar surface area (TPSA) is 26.0 Å². The van der Waals surface area contributed by atoms with E-state index in [4.69, 9.17) is 28.9 Å². The summed E-state index contributed by atoms with van der Waals surface area (Å²) in [4.78, 5) is 0. The summed E-state index contributed by atoms with van der Waals surface area (Å²) in [5, 5.41) is 1.54. The first-order valence-corrected chi connectivity index (χ1v) is 7.48. The van der Waals surface area contributed by atoms with E-state index in [0.717, 1.165) is 18.0 Å². The van der Waals surface area contributed by atoms with Gasteiger partial charge in [-0.3, -0.25) is 0 Å². The molecule has 0 spiro atoms. The molecule has 0 bridgehead atoms. The van der Waals surface area contributed by atoms with Crippen molar-refractivity contribution in [2.24, 2.45) is 11.7 Å². The van der Waals surface area contributed by atoms with Crippen molar-refractivity contribution in [2.75, 3.05) is 6.54 Å². The fourth-order valence-electron chi connectivity index (χ4n) is 3.16. The summed E-state index contributed by atoms with van der Waals surface area (Å²) in [7, 11) is 0. The van der Waals surface area contributed by atoms with Crippen LogP contribution in [-0.2, 0) is 5.41 Å². The Hall–Kier alpha value is -0.240. The van der Waals surface area contributed by atoms with Crippen molar-refractivity contribution in [2.45, 2.75) is 44.4 Å². The first-order chi connectivity index (χ1) is 8.57. The Morgan fingerprint density at radius 2 is 2.06 bits per heavy atom. The van der Waals surface area contributed by atoms with E-state index in [0.29, 0.717) is 10.9 Å². The van der Waals surface area contributed by atoms with Gasteiger partial charge in [-0.15, -0.1) is 0 Å². The maximum Gasteiger partial charge on any atom is 0.0458 e. The Bertz CT molecular complexity index is 413. The van der Waals surface area contributed by atoms with Crippen LogP contribution in [0.2, 0.25) is 10.0 Å². The molecule has 1 aliphatic carbocycles. The molecule has 2 rings (SSSR count). The fraction of sp³-hybridized carbons (Fsp3) is 0.600. The molecule has 1 aromatic rings. The minimum absolute atomic E-state index is 0.274. The van der Waals surface area contributed by atoms with Gasteiger partial charge in [-0.1, -0.05) is 42.6 Å². The van der Waals surface area contributed by atoms with Crippen molar-refractivity contribution in [1.29, 1.82) is 0 Å². The van der Waals surface area contributed by atoms with Crippen molar-refractivity contribution in [3.8, 4) is 0 Å². The van der Waals surface area contributed by atoms with Gasteiger partial charge >= 0.3 is 0 Å².